The predicted molar refractivity (Wildman–Crippen MR) is 70.3 cm³/mol. The van der Waals surface area contributed by atoms with Crippen LogP contribution in [-0.4, -0.2) is 12.1 Å². The van der Waals surface area contributed by atoms with Crippen LogP contribution in [0.15, 0.2) is 54.6 Å². The zero-order valence-corrected chi connectivity index (χ0v) is 10.0. The number of hydrogen-bond donors (Lipinski definition) is 0. The van der Waals surface area contributed by atoms with Gasteiger partial charge in [0.2, 0.25) is 0 Å². The van der Waals surface area contributed by atoms with Gasteiger partial charge in [-0.15, -0.1) is 0 Å². The normalized spacial score (nSPS) is 14.2. The van der Waals surface area contributed by atoms with Crippen LogP contribution >= 0.6 is 0 Å². The van der Waals surface area contributed by atoms with Crippen LogP contribution in [0.25, 0.3) is 11.1 Å². The number of hydrogen-bond acceptors (Lipinski definition) is 2. The van der Waals surface area contributed by atoms with Gasteiger partial charge in [0, 0.05) is 0 Å². The highest BCUT2D eigenvalue weighted by atomic mass is 16.5. The molecule has 0 bridgehead atoms. The molecule has 2 aromatic carbocycles. The monoisotopic (exact) mass is 238 g/mol. The second-order valence-electron chi connectivity index (χ2n) is 4.55. The molecule has 1 aliphatic rings. The molecule has 0 amide bonds. The highest BCUT2D eigenvalue weighted by Crippen LogP contribution is 2.25. The Morgan fingerprint density at radius 2 is 1.50 bits per heavy atom. The summed E-state index contributed by atoms with van der Waals surface area (Å²) in [5, 5.41) is 0. The number of carbonyl (C=O) groups is 1. The first-order valence-electron chi connectivity index (χ1n) is 6.19. The Morgan fingerprint density at radius 1 is 0.889 bits per heavy atom. The van der Waals surface area contributed by atoms with E-state index in [9.17, 15) is 4.79 Å². The van der Waals surface area contributed by atoms with Gasteiger partial charge in [-0.1, -0.05) is 42.5 Å². The SMILES string of the molecule is O=C(OC1CC1)c1ccc(-c2ccccc2)cc1. The maximum atomic E-state index is 11.7. The third-order valence-electron chi connectivity index (χ3n) is 3.03. The van der Waals surface area contributed by atoms with E-state index < -0.39 is 0 Å². The molecule has 2 nitrogen and oxygen atoms in total. The Kier molecular flexibility index (Phi) is 2.85. The van der Waals surface area contributed by atoms with Crippen LogP contribution in [0.3, 0.4) is 0 Å². The second kappa shape index (κ2) is 4.65. The molecular formula is C16H14O2. The number of rotatable bonds is 3. The summed E-state index contributed by atoms with van der Waals surface area (Å²) in [4.78, 5) is 11.7. The molecule has 1 aliphatic carbocycles. The summed E-state index contributed by atoms with van der Waals surface area (Å²) in [6, 6.07) is 17.7. The summed E-state index contributed by atoms with van der Waals surface area (Å²) in [5.41, 5.74) is 2.89. The van der Waals surface area contributed by atoms with Crippen molar-refractivity contribution < 1.29 is 9.53 Å². The molecule has 1 fully saturated rings. The van der Waals surface area contributed by atoms with Gasteiger partial charge in [0.15, 0.2) is 0 Å². The van der Waals surface area contributed by atoms with Gasteiger partial charge < -0.3 is 4.74 Å². The van der Waals surface area contributed by atoms with Gasteiger partial charge in [-0.2, -0.15) is 0 Å². The van der Waals surface area contributed by atoms with E-state index in [0.29, 0.717) is 5.56 Å². The fourth-order valence-corrected chi connectivity index (χ4v) is 1.83. The van der Waals surface area contributed by atoms with Gasteiger partial charge in [-0.25, -0.2) is 4.79 Å². The Labute approximate surface area is 106 Å². The Balaban J connectivity index is 1.78. The standard InChI is InChI=1S/C16H14O2/c17-16(18-15-10-11-15)14-8-6-13(7-9-14)12-4-2-1-3-5-12/h1-9,15H,10-11H2. The molecule has 18 heavy (non-hydrogen) atoms. The fourth-order valence-electron chi connectivity index (χ4n) is 1.83. The molecule has 0 unspecified atom stereocenters. The number of carbonyl (C=O) groups excluding carboxylic acids is 1. The lowest BCUT2D eigenvalue weighted by atomic mass is 10.0. The van der Waals surface area contributed by atoms with Crippen LogP contribution in [-0.2, 0) is 4.74 Å². The molecule has 1 saturated carbocycles. The molecule has 0 spiro atoms. The molecule has 90 valence electrons. The quantitative estimate of drug-likeness (QED) is 0.762. The van der Waals surface area contributed by atoms with Crippen molar-refractivity contribution in [3.63, 3.8) is 0 Å². The second-order valence-corrected chi connectivity index (χ2v) is 4.55. The van der Waals surface area contributed by atoms with E-state index in [4.69, 9.17) is 4.74 Å². The zero-order valence-electron chi connectivity index (χ0n) is 10.0. The lowest BCUT2D eigenvalue weighted by Crippen LogP contribution is -2.06. The average Bonchev–Trinajstić information content (AvgIpc) is 3.24. The Bertz CT molecular complexity index is 539. The van der Waals surface area contributed by atoms with Crippen molar-refractivity contribution in [2.24, 2.45) is 0 Å². The van der Waals surface area contributed by atoms with Crippen molar-refractivity contribution in [3.8, 4) is 11.1 Å². The van der Waals surface area contributed by atoms with Crippen molar-refractivity contribution in [1.82, 2.24) is 0 Å². The van der Waals surface area contributed by atoms with E-state index in [0.717, 1.165) is 24.0 Å². The molecule has 3 rings (SSSR count). The summed E-state index contributed by atoms with van der Waals surface area (Å²) >= 11 is 0. The molecule has 0 atom stereocenters. The van der Waals surface area contributed by atoms with Gasteiger partial charge in [-0.3, -0.25) is 0 Å². The third-order valence-corrected chi connectivity index (χ3v) is 3.03. The number of esters is 1. The average molecular weight is 238 g/mol. The van der Waals surface area contributed by atoms with Gasteiger partial charge in [0.1, 0.15) is 6.10 Å². The van der Waals surface area contributed by atoms with Gasteiger partial charge in [-0.05, 0) is 36.1 Å². The Morgan fingerprint density at radius 3 is 2.11 bits per heavy atom. The summed E-state index contributed by atoms with van der Waals surface area (Å²) in [6.45, 7) is 0. The van der Waals surface area contributed by atoms with E-state index in [-0.39, 0.29) is 12.1 Å². The minimum atomic E-state index is -0.211. The smallest absolute Gasteiger partial charge is 0.338 e. The van der Waals surface area contributed by atoms with Crippen molar-refractivity contribution in [3.05, 3.63) is 60.2 Å². The van der Waals surface area contributed by atoms with Crippen molar-refractivity contribution in [1.29, 1.82) is 0 Å². The molecule has 0 saturated heterocycles. The topological polar surface area (TPSA) is 26.3 Å². The van der Waals surface area contributed by atoms with Crippen molar-refractivity contribution in [2.75, 3.05) is 0 Å². The van der Waals surface area contributed by atoms with Gasteiger partial charge in [0.05, 0.1) is 5.56 Å². The lowest BCUT2D eigenvalue weighted by Gasteiger charge is -2.04. The maximum Gasteiger partial charge on any atom is 0.338 e. The molecule has 2 aromatic rings. The number of benzene rings is 2. The highest BCUT2D eigenvalue weighted by Gasteiger charge is 2.26. The molecule has 0 heterocycles. The molecule has 2 heteroatoms. The van der Waals surface area contributed by atoms with Crippen LogP contribution in [0.1, 0.15) is 23.2 Å². The summed E-state index contributed by atoms with van der Waals surface area (Å²) in [5.74, 6) is -0.211. The Hall–Kier alpha value is -2.09. The first-order chi connectivity index (χ1) is 8.83. The van der Waals surface area contributed by atoms with Crippen LogP contribution in [0.2, 0.25) is 0 Å². The molecule has 0 aromatic heterocycles. The number of ether oxygens (including phenoxy) is 1. The summed E-state index contributed by atoms with van der Waals surface area (Å²) < 4.78 is 5.25. The predicted octanol–water partition coefficient (Wildman–Crippen LogP) is 3.67. The van der Waals surface area contributed by atoms with E-state index in [1.165, 1.54) is 0 Å². The molecule has 0 radical (unpaired) electrons. The zero-order chi connectivity index (χ0) is 12.4. The first kappa shape index (κ1) is 11.0. The fraction of sp³-hybridized carbons (Fsp3) is 0.188. The van der Waals surface area contributed by atoms with Crippen LogP contribution in [0.5, 0.6) is 0 Å². The van der Waals surface area contributed by atoms with Gasteiger partial charge >= 0.3 is 5.97 Å². The summed E-state index contributed by atoms with van der Waals surface area (Å²) in [7, 11) is 0. The minimum absolute atomic E-state index is 0.159. The molecular weight excluding hydrogens is 224 g/mol. The molecule has 0 aliphatic heterocycles. The van der Waals surface area contributed by atoms with Crippen LogP contribution < -0.4 is 0 Å². The first-order valence-corrected chi connectivity index (χ1v) is 6.19. The highest BCUT2D eigenvalue weighted by molar-refractivity contribution is 5.90. The van der Waals surface area contributed by atoms with Crippen LogP contribution in [0, 0.1) is 0 Å². The molecule has 0 N–H and O–H groups in total. The summed E-state index contributed by atoms with van der Waals surface area (Å²) in [6.07, 6.45) is 2.17. The lowest BCUT2D eigenvalue weighted by molar-refractivity contribution is 0.0472. The van der Waals surface area contributed by atoms with E-state index in [2.05, 4.69) is 12.1 Å². The minimum Gasteiger partial charge on any atom is -0.459 e. The van der Waals surface area contributed by atoms with Gasteiger partial charge in [0.25, 0.3) is 0 Å². The van der Waals surface area contributed by atoms with E-state index >= 15 is 0 Å². The van der Waals surface area contributed by atoms with Crippen molar-refractivity contribution in [2.45, 2.75) is 18.9 Å². The maximum absolute atomic E-state index is 11.7. The third kappa shape index (κ3) is 2.43. The van der Waals surface area contributed by atoms with E-state index in [1.54, 1.807) is 0 Å². The van der Waals surface area contributed by atoms with Crippen LogP contribution in [0.4, 0.5) is 0 Å². The van der Waals surface area contributed by atoms with Crippen molar-refractivity contribution >= 4 is 5.97 Å². The largest absolute Gasteiger partial charge is 0.459 e. The van der Waals surface area contributed by atoms with E-state index in [1.807, 2.05) is 42.5 Å².